The SMILES string of the molecule is C=CCNC[C@@H]1Cc2c(n(C(=O)OC(C)(C)C)c3ccccc23)CN1C(=O)OC(C)(C)C. The molecule has 0 radical (unpaired) electrons. The number of nitrogens with one attached hydrogen (secondary N) is 1. The number of rotatable bonds is 4. The number of carbonyl (C=O) groups is 2. The van der Waals surface area contributed by atoms with Gasteiger partial charge in [0, 0.05) is 18.5 Å². The van der Waals surface area contributed by atoms with Crippen molar-refractivity contribution in [3.63, 3.8) is 0 Å². The molecule has 32 heavy (non-hydrogen) atoms. The van der Waals surface area contributed by atoms with E-state index in [4.69, 9.17) is 9.47 Å². The van der Waals surface area contributed by atoms with Gasteiger partial charge in [0.15, 0.2) is 0 Å². The molecule has 1 aliphatic rings. The first kappa shape index (κ1) is 23.9. The van der Waals surface area contributed by atoms with Crippen LogP contribution >= 0.6 is 0 Å². The second-order valence-corrected chi connectivity index (χ2v) is 10.2. The largest absolute Gasteiger partial charge is 0.444 e. The maximum absolute atomic E-state index is 13.2. The molecule has 0 saturated heterocycles. The van der Waals surface area contributed by atoms with Gasteiger partial charge in [0.1, 0.15) is 11.2 Å². The van der Waals surface area contributed by atoms with Crippen molar-refractivity contribution in [3.8, 4) is 0 Å². The molecule has 1 aliphatic heterocycles. The van der Waals surface area contributed by atoms with Crippen LogP contribution in [0.3, 0.4) is 0 Å². The molecule has 7 heteroatoms. The number of fused-ring (bicyclic) bond motifs is 3. The van der Waals surface area contributed by atoms with Crippen LogP contribution in [0.15, 0.2) is 36.9 Å². The van der Waals surface area contributed by atoms with E-state index in [1.165, 1.54) is 0 Å². The van der Waals surface area contributed by atoms with Crippen molar-refractivity contribution in [3.05, 3.63) is 48.2 Å². The first-order valence-electron chi connectivity index (χ1n) is 11.1. The van der Waals surface area contributed by atoms with Crippen LogP contribution < -0.4 is 5.32 Å². The fourth-order valence-electron chi connectivity index (χ4n) is 3.97. The van der Waals surface area contributed by atoms with Crippen LogP contribution in [0.1, 0.15) is 52.8 Å². The predicted octanol–water partition coefficient (Wildman–Crippen LogP) is 4.86. The van der Waals surface area contributed by atoms with Gasteiger partial charge in [-0.3, -0.25) is 4.90 Å². The Balaban J connectivity index is 2.07. The number of ether oxygens (including phenoxy) is 2. The van der Waals surface area contributed by atoms with Crippen molar-refractivity contribution in [1.29, 1.82) is 0 Å². The van der Waals surface area contributed by atoms with Crippen molar-refractivity contribution in [2.75, 3.05) is 13.1 Å². The molecule has 0 aliphatic carbocycles. The summed E-state index contributed by atoms with van der Waals surface area (Å²) >= 11 is 0. The zero-order valence-corrected chi connectivity index (χ0v) is 20.0. The number of nitrogens with zero attached hydrogens (tertiary/aromatic N) is 2. The van der Waals surface area contributed by atoms with E-state index in [2.05, 4.69) is 11.9 Å². The van der Waals surface area contributed by atoms with Crippen molar-refractivity contribution >= 4 is 23.1 Å². The van der Waals surface area contributed by atoms with Gasteiger partial charge < -0.3 is 14.8 Å². The molecule has 1 aromatic carbocycles. The van der Waals surface area contributed by atoms with Crippen LogP contribution in [0.4, 0.5) is 9.59 Å². The third-order valence-electron chi connectivity index (χ3n) is 5.16. The van der Waals surface area contributed by atoms with E-state index >= 15 is 0 Å². The molecule has 1 atom stereocenters. The van der Waals surface area contributed by atoms with Crippen LogP contribution in [0.5, 0.6) is 0 Å². The minimum Gasteiger partial charge on any atom is -0.444 e. The summed E-state index contributed by atoms with van der Waals surface area (Å²) in [7, 11) is 0. The van der Waals surface area contributed by atoms with E-state index in [9.17, 15) is 9.59 Å². The normalized spacial score (nSPS) is 16.6. The number of carbonyl (C=O) groups excluding carboxylic acids is 2. The molecule has 0 bridgehead atoms. The predicted molar refractivity (Wildman–Crippen MR) is 126 cm³/mol. The Hall–Kier alpha value is -2.80. The van der Waals surface area contributed by atoms with E-state index in [1.807, 2.05) is 65.8 Å². The van der Waals surface area contributed by atoms with E-state index in [0.717, 1.165) is 22.2 Å². The second-order valence-electron chi connectivity index (χ2n) is 10.2. The summed E-state index contributed by atoms with van der Waals surface area (Å²) in [6.45, 7) is 16.3. The number of aromatic nitrogens is 1. The van der Waals surface area contributed by atoms with Crippen LogP contribution in [0.25, 0.3) is 10.9 Å². The Labute approximate surface area is 190 Å². The quantitative estimate of drug-likeness (QED) is 0.542. The van der Waals surface area contributed by atoms with Crippen molar-refractivity contribution in [2.45, 2.75) is 71.8 Å². The zero-order chi connectivity index (χ0) is 23.7. The monoisotopic (exact) mass is 441 g/mol. The molecule has 2 heterocycles. The van der Waals surface area contributed by atoms with Gasteiger partial charge in [0.05, 0.1) is 23.8 Å². The highest BCUT2D eigenvalue weighted by molar-refractivity contribution is 5.94. The second kappa shape index (κ2) is 8.98. The van der Waals surface area contributed by atoms with Crippen LogP contribution in [0.2, 0.25) is 0 Å². The van der Waals surface area contributed by atoms with Gasteiger partial charge in [-0.2, -0.15) is 0 Å². The third kappa shape index (κ3) is 5.33. The van der Waals surface area contributed by atoms with Gasteiger partial charge in [-0.05, 0) is 59.6 Å². The smallest absolute Gasteiger partial charge is 0.419 e. The fourth-order valence-corrected chi connectivity index (χ4v) is 3.97. The molecular formula is C25H35N3O4. The summed E-state index contributed by atoms with van der Waals surface area (Å²) in [5.41, 5.74) is 1.37. The van der Waals surface area contributed by atoms with Crippen LogP contribution in [0, 0.1) is 0 Å². The number of hydrogen-bond acceptors (Lipinski definition) is 5. The molecule has 0 spiro atoms. The van der Waals surface area contributed by atoms with Crippen LogP contribution in [-0.2, 0) is 22.4 Å². The summed E-state index contributed by atoms with van der Waals surface area (Å²) in [6, 6.07) is 7.69. The Morgan fingerprint density at radius 2 is 1.72 bits per heavy atom. The summed E-state index contributed by atoms with van der Waals surface area (Å²) in [5, 5.41) is 4.33. The lowest BCUT2D eigenvalue weighted by Gasteiger charge is -2.37. The summed E-state index contributed by atoms with van der Waals surface area (Å²) in [4.78, 5) is 28.0. The zero-order valence-electron chi connectivity index (χ0n) is 20.0. The highest BCUT2D eigenvalue weighted by Crippen LogP contribution is 2.34. The molecule has 7 nitrogen and oxygen atoms in total. The fraction of sp³-hybridized carbons (Fsp3) is 0.520. The van der Waals surface area contributed by atoms with E-state index < -0.39 is 23.4 Å². The highest BCUT2D eigenvalue weighted by Gasteiger charge is 2.37. The van der Waals surface area contributed by atoms with Crippen molar-refractivity contribution in [2.24, 2.45) is 0 Å². The van der Waals surface area contributed by atoms with Gasteiger partial charge in [0.25, 0.3) is 0 Å². The van der Waals surface area contributed by atoms with Crippen molar-refractivity contribution in [1.82, 2.24) is 14.8 Å². The first-order chi connectivity index (χ1) is 14.9. The first-order valence-corrected chi connectivity index (χ1v) is 11.1. The van der Waals surface area contributed by atoms with E-state index in [-0.39, 0.29) is 12.6 Å². The van der Waals surface area contributed by atoms with Gasteiger partial charge in [0.2, 0.25) is 0 Å². The average Bonchev–Trinajstić information content (AvgIpc) is 2.98. The highest BCUT2D eigenvalue weighted by atomic mass is 16.6. The molecule has 3 rings (SSSR count). The topological polar surface area (TPSA) is 72.8 Å². The molecule has 1 aromatic heterocycles. The van der Waals surface area contributed by atoms with Crippen LogP contribution in [-0.4, -0.2) is 52.0 Å². The summed E-state index contributed by atoms with van der Waals surface area (Å²) < 4.78 is 13.0. The minimum absolute atomic E-state index is 0.116. The molecule has 0 fully saturated rings. The molecule has 0 saturated carbocycles. The summed E-state index contributed by atoms with van der Waals surface area (Å²) in [6.07, 6.45) is 1.56. The molecule has 0 unspecified atom stereocenters. The number of hydrogen-bond donors (Lipinski definition) is 1. The number of amides is 1. The van der Waals surface area contributed by atoms with Gasteiger partial charge in [-0.15, -0.1) is 6.58 Å². The Morgan fingerprint density at radius 1 is 1.09 bits per heavy atom. The Bertz CT molecular complexity index is 1010. The maximum atomic E-state index is 13.2. The standard InChI is InChI=1S/C25H35N3O4/c1-8-13-26-15-17-14-19-18-11-9-10-12-20(18)28(23(30)32-25(5,6)7)21(19)16-27(17)22(29)31-24(2,3)4/h8-12,17,26H,1,13-16H2,2-7H3/t17-/m0/s1. The van der Waals surface area contributed by atoms with Gasteiger partial charge in [-0.1, -0.05) is 24.3 Å². The average molecular weight is 442 g/mol. The lowest BCUT2D eigenvalue weighted by molar-refractivity contribution is 0.0109. The van der Waals surface area contributed by atoms with E-state index in [0.29, 0.717) is 19.5 Å². The lowest BCUT2D eigenvalue weighted by Crippen LogP contribution is -2.51. The number of benzene rings is 1. The minimum atomic E-state index is -0.633. The molecular weight excluding hydrogens is 406 g/mol. The molecule has 174 valence electrons. The molecule has 2 aromatic rings. The molecule has 1 N–H and O–H groups in total. The maximum Gasteiger partial charge on any atom is 0.419 e. The third-order valence-corrected chi connectivity index (χ3v) is 5.16. The van der Waals surface area contributed by atoms with Gasteiger partial charge in [-0.25, -0.2) is 14.2 Å². The summed E-state index contributed by atoms with van der Waals surface area (Å²) in [5.74, 6) is 0. The number of para-hydroxylation sites is 1. The van der Waals surface area contributed by atoms with Crippen molar-refractivity contribution < 1.29 is 19.1 Å². The Morgan fingerprint density at radius 3 is 2.34 bits per heavy atom. The lowest BCUT2D eigenvalue weighted by atomic mass is 9.96. The Kier molecular flexibility index (Phi) is 6.69. The van der Waals surface area contributed by atoms with Gasteiger partial charge >= 0.3 is 12.2 Å². The van der Waals surface area contributed by atoms with E-state index in [1.54, 1.807) is 15.5 Å². The molecule has 1 amide bonds.